The van der Waals surface area contributed by atoms with Gasteiger partial charge in [-0.3, -0.25) is 14.9 Å². The second-order valence-electron chi connectivity index (χ2n) is 3.48. The number of hydrogen-bond acceptors (Lipinski definition) is 5. The normalized spacial score (nSPS) is 9.95. The van der Waals surface area contributed by atoms with Gasteiger partial charge in [0.25, 0.3) is 11.6 Å². The van der Waals surface area contributed by atoms with E-state index in [0.29, 0.717) is 0 Å². The van der Waals surface area contributed by atoms with Crippen molar-refractivity contribution in [2.24, 2.45) is 0 Å². The number of carbonyl (C=O) groups excluding carboxylic acids is 1. The number of nitro benzene ring substituents is 1. The van der Waals surface area contributed by atoms with E-state index in [0.717, 1.165) is 18.2 Å². The Morgan fingerprint density at radius 1 is 1.37 bits per heavy atom. The fourth-order valence-electron chi connectivity index (χ4n) is 1.40. The maximum absolute atomic E-state index is 13.1. The van der Waals surface area contributed by atoms with Crippen LogP contribution in [0.4, 0.5) is 15.9 Å². The first-order valence-corrected chi connectivity index (χ1v) is 5.11. The molecule has 0 aliphatic rings. The minimum Gasteiger partial charge on any atom is -0.305 e. The second-order valence-corrected chi connectivity index (χ2v) is 3.48. The van der Waals surface area contributed by atoms with E-state index >= 15 is 0 Å². The van der Waals surface area contributed by atoms with Crippen LogP contribution in [0.5, 0.6) is 0 Å². The summed E-state index contributed by atoms with van der Waals surface area (Å²) >= 11 is 0. The molecular formula is C11H7FN4O3. The molecule has 0 saturated carbocycles. The molecule has 0 radical (unpaired) electrons. The lowest BCUT2D eigenvalue weighted by Crippen LogP contribution is -2.15. The van der Waals surface area contributed by atoms with E-state index in [4.69, 9.17) is 0 Å². The standard InChI is InChI=1S/C11H7FN4O3/c12-7-3-4-9(16(18)19)8(6-7)11(17)14-10-2-1-5-13-15-10/h1-6H,(H,14,15,17). The van der Waals surface area contributed by atoms with Crippen molar-refractivity contribution in [3.63, 3.8) is 0 Å². The molecule has 1 aromatic heterocycles. The zero-order valence-corrected chi connectivity index (χ0v) is 9.41. The number of benzene rings is 1. The van der Waals surface area contributed by atoms with Crippen molar-refractivity contribution in [1.82, 2.24) is 10.2 Å². The lowest BCUT2D eigenvalue weighted by atomic mass is 10.1. The van der Waals surface area contributed by atoms with E-state index in [-0.39, 0.29) is 11.4 Å². The van der Waals surface area contributed by atoms with Crippen LogP contribution in [0.3, 0.4) is 0 Å². The van der Waals surface area contributed by atoms with Gasteiger partial charge in [-0.25, -0.2) is 4.39 Å². The van der Waals surface area contributed by atoms with Gasteiger partial charge in [-0.2, -0.15) is 5.10 Å². The average molecular weight is 262 g/mol. The number of amides is 1. The van der Waals surface area contributed by atoms with Crippen LogP contribution in [0.15, 0.2) is 36.5 Å². The fourth-order valence-corrected chi connectivity index (χ4v) is 1.40. The van der Waals surface area contributed by atoms with Gasteiger partial charge in [0.2, 0.25) is 0 Å². The van der Waals surface area contributed by atoms with E-state index in [2.05, 4.69) is 15.5 Å². The molecule has 0 saturated heterocycles. The van der Waals surface area contributed by atoms with Crippen LogP contribution in [0.1, 0.15) is 10.4 Å². The molecule has 0 atom stereocenters. The molecule has 0 fully saturated rings. The third-order valence-corrected chi connectivity index (χ3v) is 2.21. The van der Waals surface area contributed by atoms with Gasteiger partial charge in [-0.1, -0.05) is 0 Å². The summed E-state index contributed by atoms with van der Waals surface area (Å²) in [6, 6.07) is 5.63. The first-order chi connectivity index (χ1) is 9.08. The van der Waals surface area contributed by atoms with Crippen LogP contribution in [0.2, 0.25) is 0 Å². The molecule has 1 aromatic carbocycles. The molecule has 7 nitrogen and oxygen atoms in total. The summed E-state index contributed by atoms with van der Waals surface area (Å²) in [5, 5.41) is 20.2. The van der Waals surface area contributed by atoms with E-state index in [9.17, 15) is 19.3 Å². The van der Waals surface area contributed by atoms with E-state index in [1.807, 2.05) is 0 Å². The lowest BCUT2D eigenvalue weighted by Gasteiger charge is -2.04. The summed E-state index contributed by atoms with van der Waals surface area (Å²) in [4.78, 5) is 21.8. The van der Waals surface area contributed by atoms with Crippen molar-refractivity contribution in [2.45, 2.75) is 0 Å². The highest BCUT2D eigenvalue weighted by Gasteiger charge is 2.21. The molecule has 1 amide bonds. The Morgan fingerprint density at radius 2 is 2.16 bits per heavy atom. The van der Waals surface area contributed by atoms with Gasteiger partial charge < -0.3 is 5.32 Å². The predicted molar refractivity (Wildman–Crippen MR) is 63.0 cm³/mol. The van der Waals surface area contributed by atoms with Crippen molar-refractivity contribution in [3.8, 4) is 0 Å². The Morgan fingerprint density at radius 3 is 2.79 bits per heavy atom. The average Bonchev–Trinajstić information content (AvgIpc) is 2.39. The fraction of sp³-hybridized carbons (Fsp3) is 0. The zero-order valence-electron chi connectivity index (χ0n) is 9.41. The lowest BCUT2D eigenvalue weighted by molar-refractivity contribution is -0.385. The van der Waals surface area contributed by atoms with Crippen LogP contribution < -0.4 is 5.32 Å². The summed E-state index contributed by atoms with van der Waals surface area (Å²) in [5.74, 6) is -1.45. The molecule has 0 spiro atoms. The first kappa shape index (κ1) is 12.6. The van der Waals surface area contributed by atoms with Gasteiger partial charge in [0, 0.05) is 12.3 Å². The maximum Gasteiger partial charge on any atom is 0.282 e. The SMILES string of the molecule is O=C(Nc1cccnn1)c1cc(F)ccc1[N+](=O)[O-]. The number of rotatable bonds is 3. The van der Waals surface area contributed by atoms with Crippen molar-refractivity contribution >= 4 is 17.4 Å². The summed E-state index contributed by atoms with van der Waals surface area (Å²) in [7, 11) is 0. The number of aromatic nitrogens is 2. The van der Waals surface area contributed by atoms with E-state index in [1.165, 1.54) is 18.3 Å². The quantitative estimate of drug-likeness (QED) is 0.671. The smallest absolute Gasteiger partial charge is 0.282 e. The number of nitrogens with zero attached hydrogens (tertiary/aromatic N) is 3. The molecule has 0 aliphatic carbocycles. The Balaban J connectivity index is 2.33. The Labute approximate surface area is 106 Å². The predicted octanol–water partition coefficient (Wildman–Crippen LogP) is 1.78. The minimum atomic E-state index is -0.827. The summed E-state index contributed by atoms with van der Waals surface area (Å²) < 4.78 is 13.1. The molecule has 0 aliphatic heterocycles. The Hall–Kier alpha value is -2.90. The van der Waals surface area contributed by atoms with Gasteiger partial charge in [-0.05, 0) is 24.3 Å². The number of carbonyl (C=O) groups is 1. The van der Waals surface area contributed by atoms with E-state index in [1.54, 1.807) is 0 Å². The monoisotopic (exact) mass is 262 g/mol. The number of nitro groups is 1. The Kier molecular flexibility index (Phi) is 3.42. The molecular weight excluding hydrogens is 255 g/mol. The zero-order chi connectivity index (χ0) is 13.8. The number of anilines is 1. The van der Waals surface area contributed by atoms with Crippen LogP contribution in [-0.2, 0) is 0 Å². The van der Waals surface area contributed by atoms with Gasteiger partial charge in [-0.15, -0.1) is 5.10 Å². The van der Waals surface area contributed by atoms with Crippen LogP contribution in [0, 0.1) is 15.9 Å². The van der Waals surface area contributed by atoms with Gasteiger partial charge >= 0.3 is 0 Å². The van der Waals surface area contributed by atoms with Gasteiger partial charge in [0.15, 0.2) is 5.82 Å². The van der Waals surface area contributed by atoms with Crippen LogP contribution >= 0.6 is 0 Å². The van der Waals surface area contributed by atoms with Crippen molar-refractivity contribution in [3.05, 3.63) is 58.0 Å². The second kappa shape index (κ2) is 5.17. The molecule has 0 bridgehead atoms. The van der Waals surface area contributed by atoms with Crippen molar-refractivity contribution < 1.29 is 14.1 Å². The summed E-state index contributed by atoms with van der Waals surface area (Å²) in [6.07, 6.45) is 1.40. The molecule has 96 valence electrons. The number of nitrogens with one attached hydrogen (secondary N) is 1. The number of hydrogen-bond donors (Lipinski definition) is 1. The van der Waals surface area contributed by atoms with Crippen LogP contribution in [-0.4, -0.2) is 21.0 Å². The Bertz CT molecular complexity index is 633. The molecule has 0 unspecified atom stereocenters. The van der Waals surface area contributed by atoms with Gasteiger partial charge in [0.1, 0.15) is 11.4 Å². The minimum absolute atomic E-state index is 0.117. The molecule has 19 heavy (non-hydrogen) atoms. The molecule has 2 aromatic rings. The highest BCUT2D eigenvalue weighted by Crippen LogP contribution is 2.20. The van der Waals surface area contributed by atoms with Crippen LogP contribution in [0.25, 0.3) is 0 Å². The third-order valence-electron chi connectivity index (χ3n) is 2.21. The van der Waals surface area contributed by atoms with Gasteiger partial charge in [0.05, 0.1) is 4.92 Å². The largest absolute Gasteiger partial charge is 0.305 e. The summed E-state index contributed by atoms with van der Waals surface area (Å²) in [5.41, 5.74) is -0.863. The molecule has 1 heterocycles. The van der Waals surface area contributed by atoms with Crippen molar-refractivity contribution in [1.29, 1.82) is 0 Å². The molecule has 1 N–H and O–H groups in total. The summed E-state index contributed by atoms with van der Waals surface area (Å²) in [6.45, 7) is 0. The highest BCUT2D eigenvalue weighted by molar-refractivity contribution is 6.06. The first-order valence-electron chi connectivity index (χ1n) is 5.11. The third kappa shape index (κ3) is 2.86. The topological polar surface area (TPSA) is 98.0 Å². The van der Waals surface area contributed by atoms with E-state index < -0.39 is 22.3 Å². The number of halogens is 1. The maximum atomic E-state index is 13.1. The highest BCUT2D eigenvalue weighted by atomic mass is 19.1. The molecule has 8 heteroatoms. The van der Waals surface area contributed by atoms with Crippen molar-refractivity contribution in [2.75, 3.05) is 5.32 Å². The molecule has 2 rings (SSSR count).